The minimum absolute atomic E-state index is 0.00922. The average Bonchev–Trinajstić information content (AvgIpc) is 2.93. The Bertz CT molecular complexity index is 793. The normalized spacial score (nSPS) is 24.3. The summed E-state index contributed by atoms with van der Waals surface area (Å²) in [6.07, 6.45) is 0.483. The van der Waals surface area contributed by atoms with E-state index in [1.54, 1.807) is 24.3 Å². The number of aliphatic hydroxyl groups excluding tert-OH is 1. The van der Waals surface area contributed by atoms with E-state index in [4.69, 9.17) is 15.0 Å². The summed E-state index contributed by atoms with van der Waals surface area (Å²) in [5, 5.41) is 16.1. The Kier molecular flexibility index (Phi) is 5.63. The van der Waals surface area contributed by atoms with E-state index in [0.29, 0.717) is 36.8 Å². The van der Waals surface area contributed by atoms with E-state index in [0.717, 1.165) is 0 Å². The molecule has 1 spiro atoms. The minimum atomic E-state index is -0.964. The van der Waals surface area contributed by atoms with Crippen LogP contribution in [0.1, 0.15) is 31.2 Å². The lowest BCUT2D eigenvalue weighted by Gasteiger charge is -2.36. The lowest BCUT2D eigenvalue weighted by atomic mass is 9.79. The Morgan fingerprint density at radius 1 is 1.33 bits per heavy atom. The summed E-state index contributed by atoms with van der Waals surface area (Å²) in [5.74, 6) is -0.103. The second kappa shape index (κ2) is 8.11. The SMILES string of the molecule is [N-]=[N+]=NCCOC(=O)OC1=C(c2ccccc2)C(=O)NC12CCC(O)CC2. The summed E-state index contributed by atoms with van der Waals surface area (Å²) in [7, 11) is 0. The Balaban J connectivity index is 1.90. The van der Waals surface area contributed by atoms with Crippen LogP contribution in [-0.2, 0) is 14.3 Å². The van der Waals surface area contributed by atoms with Crippen molar-refractivity contribution < 1.29 is 24.2 Å². The number of hydrogen-bond donors (Lipinski definition) is 2. The van der Waals surface area contributed by atoms with Crippen LogP contribution < -0.4 is 5.32 Å². The molecule has 27 heavy (non-hydrogen) atoms. The molecule has 1 aromatic rings. The third-order valence-electron chi connectivity index (χ3n) is 4.77. The first-order valence-corrected chi connectivity index (χ1v) is 8.72. The number of carbonyl (C=O) groups is 2. The van der Waals surface area contributed by atoms with Crippen LogP contribution in [0.5, 0.6) is 0 Å². The fraction of sp³-hybridized carbons (Fsp3) is 0.444. The van der Waals surface area contributed by atoms with E-state index in [1.807, 2.05) is 6.07 Å². The van der Waals surface area contributed by atoms with E-state index in [9.17, 15) is 14.7 Å². The molecule has 0 atom stereocenters. The quantitative estimate of drug-likeness (QED) is 0.269. The fourth-order valence-corrected chi connectivity index (χ4v) is 3.47. The van der Waals surface area contributed by atoms with Crippen molar-refractivity contribution in [2.24, 2.45) is 5.11 Å². The third-order valence-corrected chi connectivity index (χ3v) is 4.77. The van der Waals surface area contributed by atoms with Gasteiger partial charge in [-0.15, -0.1) is 0 Å². The number of ether oxygens (including phenoxy) is 2. The van der Waals surface area contributed by atoms with Gasteiger partial charge in [0.15, 0.2) is 0 Å². The zero-order valence-corrected chi connectivity index (χ0v) is 14.6. The van der Waals surface area contributed by atoms with Gasteiger partial charge in [-0.2, -0.15) is 0 Å². The zero-order valence-electron chi connectivity index (χ0n) is 14.6. The van der Waals surface area contributed by atoms with Gasteiger partial charge >= 0.3 is 6.16 Å². The first-order chi connectivity index (χ1) is 13.1. The summed E-state index contributed by atoms with van der Waals surface area (Å²) in [4.78, 5) is 27.4. The second-order valence-electron chi connectivity index (χ2n) is 6.49. The van der Waals surface area contributed by atoms with Crippen molar-refractivity contribution in [1.82, 2.24) is 5.32 Å². The van der Waals surface area contributed by atoms with E-state index in [2.05, 4.69) is 15.3 Å². The molecule has 1 fully saturated rings. The van der Waals surface area contributed by atoms with Crippen LogP contribution in [0.2, 0.25) is 0 Å². The van der Waals surface area contributed by atoms with Crippen LogP contribution in [0.25, 0.3) is 16.0 Å². The average molecular weight is 372 g/mol. The van der Waals surface area contributed by atoms with E-state index < -0.39 is 17.8 Å². The van der Waals surface area contributed by atoms with E-state index in [1.165, 1.54) is 0 Å². The first kappa shape index (κ1) is 18.8. The van der Waals surface area contributed by atoms with Crippen molar-refractivity contribution in [2.75, 3.05) is 13.2 Å². The van der Waals surface area contributed by atoms with Gasteiger partial charge in [-0.3, -0.25) is 4.79 Å². The highest BCUT2D eigenvalue weighted by Crippen LogP contribution is 2.43. The van der Waals surface area contributed by atoms with E-state index in [-0.39, 0.29) is 24.8 Å². The number of nitrogens with one attached hydrogen (secondary N) is 1. The van der Waals surface area contributed by atoms with Crippen LogP contribution in [0, 0.1) is 0 Å². The molecule has 1 aliphatic heterocycles. The van der Waals surface area contributed by atoms with Crippen molar-refractivity contribution in [3.63, 3.8) is 0 Å². The molecule has 3 rings (SSSR count). The van der Waals surface area contributed by atoms with Gasteiger partial charge in [0.05, 0.1) is 23.8 Å². The molecule has 0 radical (unpaired) electrons. The topological polar surface area (TPSA) is 134 Å². The van der Waals surface area contributed by atoms with Crippen LogP contribution in [0.3, 0.4) is 0 Å². The molecule has 9 heteroatoms. The fourth-order valence-electron chi connectivity index (χ4n) is 3.47. The number of carbonyl (C=O) groups excluding carboxylic acids is 2. The molecule has 0 unspecified atom stereocenters. The molecule has 1 heterocycles. The van der Waals surface area contributed by atoms with Gasteiger partial charge < -0.3 is 19.9 Å². The highest BCUT2D eigenvalue weighted by atomic mass is 16.7. The molecule has 1 amide bonds. The molecular formula is C18H20N4O5. The molecule has 0 bridgehead atoms. The number of hydrogen-bond acceptors (Lipinski definition) is 6. The van der Waals surface area contributed by atoms with Crippen molar-refractivity contribution in [1.29, 1.82) is 0 Å². The number of amides is 1. The number of benzene rings is 1. The minimum Gasteiger partial charge on any atom is -0.434 e. The molecular weight excluding hydrogens is 352 g/mol. The van der Waals surface area contributed by atoms with Gasteiger partial charge in [-0.25, -0.2) is 4.79 Å². The van der Waals surface area contributed by atoms with E-state index >= 15 is 0 Å². The lowest BCUT2D eigenvalue weighted by molar-refractivity contribution is -0.116. The number of rotatable bonds is 5. The Morgan fingerprint density at radius 3 is 2.70 bits per heavy atom. The Hall–Kier alpha value is -3.03. The zero-order chi connectivity index (χ0) is 19.3. The maximum atomic E-state index is 12.7. The molecule has 2 aliphatic rings. The summed E-state index contributed by atoms with van der Waals surface area (Å²) < 4.78 is 10.4. The summed E-state index contributed by atoms with van der Waals surface area (Å²) in [6, 6.07) is 8.94. The number of aliphatic hydroxyl groups is 1. The molecule has 2 N–H and O–H groups in total. The van der Waals surface area contributed by atoms with Crippen molar-refractivity contribution in [3.05, 3.63) is 52.1 Å². The maximum absolute atomic E-state index is 12.7. The van der Waals surface area contributed by atoms with Gasteiger partial charge in [0, 0.05) is 4.91 Å². The number of azide groups is 1. The van der Waals surface area contributed by atoms with Gasteiger partial charge in [0.25, 0.3) is 5.91 Å². The van der Waals surface area contributed by atoms with Gasteiger partial charge in [0.1, 0.15) is 12.4 Å². The highest BCUT2D eigenvalue weighted by molar-refractivity contribution is 6.23. The summed E-state index contributed by atoms with van der Waals surface area (Å²) in [6.45, 7) is -0.130. The van der Waals surface area contributed by atoms with Gasteiger partial charge in [0.2, 0.25) is 0 Å². The maximum Gasteiger partial charge on any atom is 0.513 e. The van der Waals surface area contributed by atoms with Crippen LogP contribution in [-0.4, -0.2) is 42.0 Å². The Labute approximate surface area is 155 Å². The van der Waals surface area contributed by atoms with Crippen LogP contribution in [0.15, 0.2) is 41.2 Å². The van der Waals surface area contributed by atoms with Gasteiger partial charge in [-0.05, 0) is 36.8 Å². The highest BCUT2D eigenvalue weighted by Gasteiger charge is 2.49. The first-order valence-electron chi connectivity index (χ1n) is 8.72. The smallest absolute Gasteiger partial charge is 0.434 e. The molecule has 0 saturated heterocycles. The molecule has 1 aromatic carbocycles. The molecule has 9 nitrogen and oxygen atoms in total. The lowest BCUT2D eigenvalue weighted by Crippen LogP contribution is -2.48. The van der Waals surface area contributed by atoms with Gasteiger partial charge in [-0.1, -0.05) is 35.4 Å². The monoisotopic (exact) mass is 372 g/mol. The molecule has 0 aromatic heterocycles. The third kappa shape index (κ3) is 4.05. The van der Waals surface area contributed by atoms with Crippen LogP contribution in [0.4, 0.5) is 4.79 Å². The largest absolute Gasteiger partial charge is 0.513 e. The molecule has 1 aliphatic carbocycles. The second-order valence-corrected chi connectivity index (χ2v) is 6.49. The predicted molar refractivity (Wildman–Crippen MR) is 95.2 cm³/mol. The summed E-state index contributed by atoms with van der Waals surface area (Å²) >= 11 is 0. The van der Waals surface area contributed by atoms with Crippen LogP contribution >= 0.6 is 0 Å². The Morgan fingerprint density at radius 2 is 2.04 bits per heavy atom. The predicted octanol–water partition coefficient (Wildman–Crippen LogP) is 2.66. The van der Waals surface area contributed by atoms with Crippen molar-refractivity contribution >= 4 is 17.6 Å². The van der Waals surface area contributed by atoms with Crippen molar-refractivity contribution in [3.8, 4) is 0 Å². The molecule has 142 valence electrons. The number of nitrogens with zero attached hydrogens (tertiary/aromatic N) is 3. The molecule has 1 saturated carbocycles. The summed E-state index contributed by atoms with van der Waals surface area (Å²) in [5.41, 5.74) is 8.33. The standard InChI is InChI=1S/C18H20N4O5/c19-22-20-10-11-26-17(25)27-15-14(12-4-2-1-3-5-12)16(24)21-18(15)8-6-13(23)7-9-18/h1-5,13,23H,6-11H2,(H,21,24). The van der Waals surface area contributed by atoms with Crippen molar-refractivity contribution in [2.45, 2.75) is 37.3 Å².